The average molecular weight is 428 g/mol. The van der Waals surface area contributed by atoms with Crippen LogP contribution in [0.3, 0.4) is 0 Å². The lowest BCUT2D eigenvalue weighted by atomic mass is 10.1. The van der Waals surface area contributed by atoms with Gasteiger partial charge in [-0.1, -0.05) is 18.2 Å². The first-order valence-electron chi connectivity index (χ1n) is 9.13. The van der Waals surface area contributed by atoms with Crippen LogP contribution < -0.4 is 9.64 Å². The van der Waals surface area contributed by atoms with Gasteiger partial charge in [-0.25, -0.2) is 9.59 Å². The van der Waals surface area contributed by atoms with Gasteiger partial charge in [0, 0.05) is 12.1 Å². The van der Waals surface area contributed by atoms with Crippen molar-refractivity contribution in [2.75, 3.05) is 32.5 Å². The van der Waals surface area contributed by atoms with Crippen molar-refractivity contribution >= 4 is 23.3 Å². The molecule has 0 saturated heterocycles. The molecule has 0 atom stereocenters. The van der Waals surface area contributed by atoms with Crippen LogP contribution in [-0.4, -0.2) is 44.4 Å². The van der Waals surface area contributed by atoms with Gasteiger partial charge in [0.1, 0.15) is 23.9 Å². The maximum absolute atomic E-state index is 12.5. The van der Waals surface area contributed by atoms with Crippen molar-refractivity contribution in [3.8, 4) is 11.5 Å². The van der Waals surface area contributed by atoms with E-state index >= 15 is 0 Å². The second-order valence-electron chi connectivity index (χ2n) is 6.53. The number of nitro benzene ring substituents is 1. The molecule has 2 aromatic rings. The highest BCUT2D eigenvalue weighted by molar-refractivity contribution is 6.03. The first-order chi connectivity index (χ1) is 14.8. The number of rotatable bonds is 6. The summed E-state index contributed by atoms with van der Waals surface area (Å²) in [5.74, 6) is -0.890. The van der Waals surface area contributed by atoms with Gasteiger partial charge >= 0.3 is 11.9 Å². The minimum atomic E-state index is -0.809. The van der Waals surface area contributed by atoms with Crippen LogP contribution in [0.25, 0.3) is 0 Å². The fourth-order valence-corrected chi connectivity index (χ4v) is 3.03. The molecule has 162 valence electrons. The highest BCUT2D eigenvalue weighted by atomic mass is 16.6. The minimum Gasteiger partial charge on any atom is -0.466 e. The van der Waals surface area contributed by atoms with Gasteiger partial charge < -0.3 is 23.8 Å². The Morgan fingerprint density at radius 1 is 1.10 bits per heavy atom. The smallest absolute Gasteiger partial charge is 0.355 e. The van der Waals surface area contributed by atoms with Gasteiger partial charge in [0.25, 0.3) is 5.69 Å². The second-order valence-corrected chi connectivity index (χ2v) is 6.53. The van der Waals surface area contributed by atoms with Crippen molar-refractivity contribution in [2.45, 2.75) is 6.92 Å². The number of hydrogen-bond acceptors (Lipinski definition) is 9. The van der Waals surface area contributed by atoms with E-state index in [1.807, 2.05) is 19.1 Å². The van der Waals surface area contributed by atoms with Gasteiger partial charge in [-0.05, 0) is 18.6 Å². The number of non-ortho nitro benzene ring substituents is 1. The molecular weight excluding hydrogens is 408 g/mol. The molecule has 0 saturated carbocycles. The van der Waals surface area contributed by atoms with Gasteiger partial charge in [-0.3, -0.25) is 10.1 Å². The van der Waals surface area contributed by atoms with Gasteiger partial charge in [-0.2, -0.15) is 0 Å². The topological polar surface area (TPSA) is 117 Å². The van der Waals surface area contributed by atoms with Crippen molar-refractivity contribution in [3.63, 3.8) is 0 Å². The number of nitrogens with zero attached hydrogens (tertiary/aromatic N) is 2. The number of carbonyl (C=O) groups is 2. The van der Waals surface area contributed by atoms with E-state index in [0.29, 0.717) is 5.75 Å². The van der Waals surface area contributed by atoms with Crippen LogP contribution in [-0.2, 0) is 23.8 Å². The van der Waals surface area contributed by atoms with E-state index in [-0.39, 0.29) is 41.7 Å². The lowest BCUT2D eigenvalue weighted by Crippen LogP contribution is -2.38. The number of esters is 2. The van der Waals surface area contributed by atoms with E-state index < -0.39 is 16.9 Å². The number of carbonyl (C=O) groups excluding carboxylic acids is 2. The number of hydrogen-bond donors (Lipinski definition) is 0. The monoisotopic (exact) mass is 428 g/mol. The Balaban J connectivity index is 2.12. The summed E-state index contributed by atoms with van der Waals surface area (Å²) >= 11 is 0. The SMILES string of the molecule is COC(=O)C1=C(C(=O)OC)N(c2cc(Oc3ccccc3C)cc([N+](=O)[O-])c2)COC1. The van der Waals surface area contributed by atoms with Crippen molar-refractivity contribution in [1.29, 1.82) is 0 Å². The molecule has 0 aromatic heterocycles. The molecule has 0 unspecified atom stereocenters. The van der Waals surface area contributed by atoms with E-state index in [2.05, 4.69) is 0 Å². The summed E-state index contributed by atoms with van der Waals surface area (Å²) < 4.78 is 20.8. The summed E-state index contributed by atoms with van der Waals surface area (Å²) in [4.78, 5) is 36.9. The van der Waals surface area contributed by atoms with Crippen LogP contribution in [0.4, 0.5) is 11.4 Å². The molecule has 0 bridgehead atoms. The number of ether oxygens (including phenoxy) is 4. The van der Waals surface area contributed by atoms with Crippen molar-refractivity contribution < 1.29 is 33.5 Å². The van der Waals surface area contributed by atoms with Gasteiger partial charge in [-0.15, -0.1) is 0 Å². The Morgan fingerprint density at radius 3 is 2.45 bits per heavy atom. The van der Waals surface area contributed by atoms with Crippen LogP contribution >= 0.6 is 0 Å². The molecule has 1 aliphatic heterocycles. The molecular formula is C21H20N2O8. The molecule has 10 nitrogen and oxygen atoms in total. The Morgan fingerprint density at radius 2 is 1.81 bits per heavy atom. The first kappa shape index (κ1) is 21.8. The molecule has 31 heavy (non-hydrogen) atoms. The van der Waals surface area contributed by atoms with Crippen molar-refractivity contribution in [1.82, 2.24) is 0 Å². The van der Waals surface area contributed by atoms with E-state index in [0.717, 1.165) is 12.7 Å². The van der Waals surface area contributed by atoms with Gasteiger partial charge in [0.15, 0.2) is 0 Å². The predicted molar refractivity (Wildman–Crippen MR) is 109 cm³/mol. The summed E-state index contributed by atoms with van der Waals surface area (Å²) in [6.07, 6.45) is 0. The molecule has 0 fully saturated rings. The normalized spacial score (nSPS) is 13.6. The highest BCUT2D eigenvalue weighted by Gasteiger charge is 2.33. The number of nitro groups is 1. The number of benzene rings is 2. The maximum atomic E-state index is 12.5. The first-order valence-corrected chi connectivity index (χ1v) is 9.13. The quantitative estimate of drug-likeness (QED) is 0.388. The van der Waals surface area contributed by atoms with E-state index in [1.54, 1.807) is 12.1 Å². The largest absolute Gasteiger partial charge is 0.466 e. The third-order valence-corrected chi connectivity index (χ3v) is 4.55. The van der Waals surface area contributed by atoms with Gasteiger partial charge in [0.05, 0.1) is 43.1 Å². The van der Waals surface area contributed by atoms with E-state index in [4.69, 9.17) is 18.9 Å². The molecule has 0 spiro atoms. The summed E-state index contributed by atoms with van der Waals surface area (Å²) in [5.41, 5.74) is 0.589. The molecule has 2 aromatic carbocycles. The zero-order valence-electron chi connectivity index (χ0n) is 17.1. The maximum Gasteiger partial charge on any atom is 0.355 e. The summed E-state index contributed by atoms with van der Waals surface area (Å²) in [6, 6.07) is 11.2. The summed E-state index contributed by atoms with van der Waals surface area (Å²) in [5, 5.41) is 11.5. The number of para-hydroxylation sites is 1. The molecule has 0 aliphatic carbocycles. The fraction of sp³-hybridized carbons (Fsp3) is 0.238. The van der Waals surface area contributed by atoms with E-state index in [9.17, 15) is 19.7 Å². The third-order valence-electron chi connectivity index (χ3n) is 4.55. The lowest BCUT2D eigenvalue weighted by Gasteiger charge is -2.31. The minimum absolute atomic E-state index is 0.0616. The molecule has 10 heteroatoms. The second kappa shape index (κ2) is 9.26. The third kappa shape index (κ3) is 4.64. The van der Waals surface area contributed by atoms with Crippen LogP contribution in [0.5, 0.6) is 11.5 Å². The Kier molecular flexibility index (Phi) is 6.51. The van der Waals surface area contributed by atoms with Crippen molar-refractivity contribution in [3.05, 3.63) is 69.4 Å². The zero-order valence-corrected chi connectivity index (χ0v) is 17.1. The predicted octanol–water partition coefficient (Wildman–Crippen LogP) is 3.09. The number of anilines is 1. The molecule has 0 radical (unpaired) electrons. The molecule has 1 heterocycles. The zero-order chi connectivity index (χ0) is 22.5. The van der Waals surface area contributed by atoms with Gasteiger partial charge in [0.2, 0.25) is 0 Å². The van der Waals surface area contributed by atoms with Crippen LogP contribution in [0.15, 0.2) is 53.7 Å². The molecule has 0 N–H and O–H groups in total. The summed E-state index contributed by atoms with van der Waals surface area (Å²) in [7, 11) is 2.34. The van der Waals surface area contributed by atoms with Crippen LogP contribution in [0.2, 0.25) is 0 Å². The number of aryl methyl sites for hydroxylation is 1. The van der Waals surface area contributed by atoms with E-state index in [1.165, 1.54) is 30.2 Å². The Bertz CT molecular complexity index is 1060. The molecule has 3 rings (SSSR count). The lowest BCUT2D eigenvalue weighted by molar-refractivity contribution is -0.384. The molecule has 0 amide bonds. The summed E-state index contributed by atoms with van der Waals surface area (Å²) in [6.45, 7) is 1.53. The van der Waals surface area contributed by atoms with Crippen LogP contribution in [0, 0.1) is 17.0 Å². The van der Waals surface area contributed by atoms with Crippen LogP contribution in [0.1, 0.15) is 5.56 Å². The Labute approximate surface area is 177 Å². The molecule has 1 aliphatic rings. The average Bonchev–Trinajstić information content (AvgIpc) is 2.78. The Hall–Kier alpha value is -3.92. The fourth-order valence-electron chi connectivity index (χ4n) is 3.03. The van der Waals surface area contributed by atoms with Crippen molar-refractivity contribution in [2.24, 2.45) is 0 Å². The highest BCUT2D eigenvalue weighted by Crippen LogP contribution is 2.35. The number of methoxy groups -OCH3 is 2. The standard InChI is InChI=1S/C21H20N2O8/c1-13-6-4-5-7-18(13)31-16-9-14(8-15(10-16)23(26)27)22-12-30-11-17(20(24)28-2)19(22)21(25)29-3/h4-10H,11-12H2,1-3H3.